The lowest BCUT2D eigenvalue weighted by Crippen LogP contribution is -2.01. The first-order valence-corrected chi connectivity index (χ1v) is 6.91. The second-order valence-corrected chi connectivity index (χ2v) is 5.09. The first-order valence-electron chi connectivity index (χ1n) is 6.00. The summed E-state index contributed by atoms with van der Waals surface area (Å²) in [4.78, 5) is 4.35. The SMILES string of the molecule is Cc1ccc(COc2ccc(C)nc2CCl)c(Cl)c1. The Bertz CT molecular complexity index is 584. The van der Waals surface area contributed by atoms with Gasteiger partial charge in [-0.05, 0) is 37.6 Å². The van der Waals surface area contributed by atoms with Gasteiger partial charge in [-0.1, -0.05) is 23.7 Å². The fourth-order valence-corrected chi connectivity index (χ4v) is 2.23. The minimum Gasteiger partial charge on any atom is -0.487 e. The van der Waals surface area contributed by atoms with E-state index < -0.39 is 0 Å². The minimum atomic E-state index is 0.332. The molecule has 4 heteroatoms. The van der Waals surface area contributed by atoms with Gasteiger partial charge >= 0.3 is 0 Å². The molecule has 1 heterocycles. The zero-order valence-corrected chi connectivity index (χ0v) is 12.4. The number of ether oxygens (including phenoxy) is 1. The van der Waals surface area contributed by atoms with E-state index in [1.807, 2.05) is 44.2 Å². The van der Waals surface area contributed by atoms with E-state index in [2.05, 4.69) is 4.98 Å². The van der Waals surface area contributed by atoms with Gasteiger partial charge in [0.1, 0.15) is 12.4 Å². The Morgan fingerprint density at radius 2 is 1.95 bits per heavy atom. The molecule has 0 N–H and O–H groups in total. The molecule has 0 fully saturated rings. The summed E-state index contributed by atoms with van der Waals surface area (Å²) in [5.41, 5.74) is 3.77. The van der Waals surface area contributed by atoms with Crippen LogP contribution in [0.15, 0.2) is 30.3 Å². The monoisotopic (exact) mass is 295 g/mol. The first kappa shape index (κ1) is 14.2. The van der Waals surface area contributed by atoms with Gasteiger partial charge in [-0.3, -0.25) is 4.98 Å². The number of rotatable bonds is 4. The van der Waals surface area contributed by atoms with Crippen LogP contribution in [0.25, 0.3) is 0 Å². The molecule has 0 saturated heterocycles. The largest absolute Gasteiger partial charge is 0.487 e. The molecule has 0 radical (unpaired) electrons. The third-order valence-electron chi connectivity index (χ3n) is 2.79. The quantitative estimate of drug-likeness (QED) is 0.765. The summed E-state index contributed by atoms with van der Waals surface area (Å²) in [5, 5.41) is 0.715. The number of benzene rings is 1. The summed E-state index contributed by atoms with van der Waals surface area (Å²) in [7, 11) is 0. The zero-order chi connectivity index (χ0) is 13.8. The molecule has 0 bridgehead atoms. The van der Waals surface area contributed by atoms with E-state index in [4.69, 9.17) is 27.9 Å². The van der Waals surface area contributed by atoms with Crippen molar-refractivity contribution in [2.45, 2.75) is 26.3 Å². The second kappa shape index (κ2) is 6.27. The molecule has 0 spiro atoms. The molecule has 100 valence electrons. The number of hydrogen-bond donors (Lipinski definition) is 0. The number of aromatic nitrogens is 1. The summed E-state index contributed by atoms with van der Waals surface area (Å²) in [6, 6.07) is 9.71. The van der Waals surface area contributed by atoms with Gasteiger partial charge in [0, 0.05) is 16.3 Å². The Morgan fingerprint density at radius 3 is 2.63 bits per heavy atom. The van der Waals surface area contributed by atoms with E-state index in [9.17, 15) is 0 Å². The van der Waals surface area contributed by atoms with Crippen molar-refractivity contribution in [3.8, 4) is 5.75 Å². The van der Waals surface area contributed by atoms with E-state index >= 15 is 0 Å². The van der Waals surface area contributed by atoms with Crippen molar-refractivity contribution >= 4 is 23.2 Å². The molecule has 19 heavy (non-hydrogen) atoms. The van der Waals surface area contributed by atoms with Gasteiger partial charge in [-0.2, -0.15) is 0 Å². The number of nitrogens with zero attached hydrogens (tertiary/aromatic N) is 1. The maximum absolute atomic E-state index is 6.17. The molecule has 0 aliphatic rings. The maximum atomic E-state index is 6.17. The minimum absolute atomic E-state index is 0.332. The molecular formula is C15H15Cl2NO. The molecule has 1 aromatic carbocycles. The van der Waals surface area contributed by atoms with Crippen LogP contribution >= 0.6 is 23.2 Å². The molecule has 2 rings (SSSR count). The van der Waals surface area contributed by atoms with Gasteiger partial charge in [-0.15, -0.1) is 11.6 Å². The standard InChI is InChI=1S/C15H15Cl2NO/c1-10-3-5-12(13(17)7-10)9-19-15-6-4-11(2)18-14(15)8-16/h3-7H,8-9H2,1-2H3. The van der Waals surface area contributed by atoms with Crippen LogP contribution in [0, 0.1) is 13.8 Å². The Hall–Kier alpha value is -1.25. The molecule has 0 unspecified atom stereocenters. The molecule has 2 aromatic rings. The Labute approximate surface area is 123 Å². The molecule has 2 nitrogen and oxygen atoms in total. The van der Waals surface area contributed by atoms with E-state index in [-0.39, 0.29) is 0 Å². The number of alkyl halides is 1. The van der Waals surface area contributed by atoms with Crippen LogP contribution < -0.4 is 4.74 Å². The van der Waals surface area contributed by atoms with Gasteiger partial charge in [0.25, 0.3) is 0 Å². The van der Waals surface area contributed by atoms with Crippen molar-refractivity contribution in [3.05, 3.63) is 57.9 Å². The zero-order valence-electron chi connectivity index (χ0n) is 10.9. The summed E-state index contributed by atoms with van der Waals surface area (Å²) in [5.74, 6) is 1.04. The predicted octanol–water partition coefficient (Wildman–Crippen LogP) is 4.67. The van der Waals surface area contributed by atoms with Crippen LogP contribution in [-0.4, -0.2) is 4.98 Å². The lowest BCUT2D eigenvalue weighted by atomic mass is 10.1. The summed E-state index contributed by atoms with van der Waals surface area (Å²) < 4.78 is 5.76. The summed E-state index contributed by atoms with van der Waals surface area (Å²) >= 11 is 12.0. The van der Waals surface area contributed by atoms with Crippen LogP contribution in [0.3, 0.4) is 0 Å². The van der Waals surface area contributed by atoms with Crippen LogP contribution in [0.2, 0.25) is 5.02 Å². The lowest BCUT2D eigenvalue weighted by molar-refractivity contribution is 0.302. The van der Waals surface area contributed by atoms with Crippen LogP contribution in [-0.2, 0) is 12.5 Å². The Balaban J connectivity index is 2.14. The van der Waals surface area contributed by atoms with Crippen molar-refractivity contribution in [2.24, 2.45) is 0 Å². The number of aryl methyl sites for hydroxylation is 2. The first-order chi connectivity index (χ1) is 9.10. The summed E-state index contributed by atoms with van der Waals surface area (Å²) in [6.07, 6.45) is 0. The average Bonchev–Trinajstić information content (AvgIpc) is 2.39. The average molecular weight is 296 g/mol. The summed E-state index contributed by atoms with van der Waals surface area (Å²) in [6.45, 7) is 4.34. The highest BCUT2D eigenvalue weighted by Gasteiger charge is 2.07. The molecule has 0 aliphatic heterocycles. The van der Waals surface area contributed by atoms with Crippen LogP contribution in [0.4, 0.5) is 0 Å². The fraction of sp³-hybridized carbons (Fsp3) is 0.267. The van der Waals surface area contributed by atoms with E-state index in [0.717, 1.165) is 22.5 Å². The number of halogens is 2. The van der Waals surface area contributed by atoms with Crippen LogP contribution in [0.1, 0.15) is 22.5 Å². The highest BCUT2D eigenvalue weighted by molar-refractivity contribution is 6.31. The van der Waals surface area contributed by atoms with Gasteiger partial charge in [-0.25, -0.2) is 0 Å². The molecule has 0 atom stereocenters. The Kier molecular flexibility index (Phi) is 4.67. The topological polar surface area (TPSA) is 22.1 Å². The predicted molar refractivity (Wildman–Crippen MR) is 79.1 cm³/mol. The lowest BCUT2D eigenvalue weighted by Gasteiger charge is -2.11. The van der Waals surface area contributed by atoms with Gasteiger partial charge in [0.05, 0.1) is 11.6 Å². The molecule has 0 amide bonds. The second-order valence-electron chi connectivity index (χ2n) is 4.41. The normalized spacial score (nSPS) is 10.5. The molecule has 0 aliphatic carbocycles. The molecular weight excluding hydrogens is 281 g/mol. The molecule has 1 aromatic heterocycles. The van der Waals surface area contributed by atoms with Crippen LogP contribution in [0.5, 0.6) is 5.75 Å². The van der Waals surface area contributed by atoms with Gasteiger partial charge in [0.2, 0.25) is 0 Å². The third-order valence-corrected chi connectivity index (χ3v) is 3.39. The van der Waals surface area contributed by atoms with Gasteiger partial charge in [0.15, 0.2) is 0 Å². The van der Waals surface area contributed by atoms with Crippen molar-refractivity contribution < 1.29 is 4.74 Å². The smallest absolute Gasteiger partial charge is 0.142 e. The fourth-order valence-electron chi connectivity index (χ4n) is 1.75. The number of pyridine rings is 1. The van der Waals surface area contributed by atoms with Crippen molar-refractivity contribution in [1.29, 1.82) is 0 Å². The Morgan fingerprint density at radius 1 is 1.16 bits per heavy atom. The highest BCUT2D eigenvalue weighted by atomic mass is 35.5. The van der Waals surface area contributed by atoms with Gasteiger partial charge < -0.3 is 4.74 Å². The number of hydrogen-bond acceptors (Lipinski definition) is 2. The highest BCUT2D eigenvalue weighted by Crippen LogP contribution is 2.23. The van der Waals surface area contributed by atoms with E-state index in [1.54, 1.807) is 0 Å². The maximum Gasteiger partial charge on any atom is 0.142 e. The van der Waals surface area contributed by atoms with Crippen molar-refractivity contribution in [2.75, 3.05) is 0 Å². The van der Waals surface area contributed by atoms with Crippen molar-refractivity contribution in [1.82, 2.24) is 4.98 Å². The van der Waals surface area contributed by atoms with E-state index in [0.29, 0.717) is 23.3 Å². The van der Waals surface area contributed by atoms with Crippen molar-refractivity contribution in [3.63, 3.8) is 0 Å². The van der Waals surface area contributed by atoms with E-state index in [1.165, 1.54) is 0 Å². The molecule has 0 saturated carbocycles. The third kappa shape index (κ3) is 3.62.